The van der Waals surface area contributed by atoms with Crippen LogP contribution in [0.25, 0.3) is 0 Å². The Morgan fingerprint density at radius 2 is 2.13 bits per heavy atom. The number of nitrogens with zero attached hydrogens (tertiary/aromatic N) is 2. The average Bonchev–Trinajstić information content (AvgIpc) is 2.94. The van der Waals surface area contributed by atoms with E-state index in [1.165, 1.54) is 5.56 Å². The molecule has 0 saturated carbocycles. The fourth-order valence-electron chi connectivity index (χ4n) is 2.78. The number of hydrogen-bond donors (Lipinski definition) is 0. The molecule has 2 heterocycles. The van der Waals surface area contributed by atoms with Crippen molar-refractivity contribution >= 4 is 17.2 Å². The van der Waals surface area contributed by atoms with Gasteiger partial charge in [-0.3, -0.25) is 4.79 Å². The van der Waals surface area contributed by atoms with Crippen molar-refractivity contribution in [1.82, 2.24) is 9.88 Å². The minimum absolute atomic E-state index is 0.137. The second-order valence-electron chi connectivity index (χ2n) is 6.50. The maximum Gasteiger partial charge on any atom is 0.228 e. The maximum atomic E-state index is 12.5. The molecule has 2 aromatic rings. The molecule has 0 atom stereocenters. The first kappa shape index (κ1) is 16.1. The molecule has 1 saturated heterocycles. The number of rotatable bonds is 4. The zero-order chi connectivity index (χ0) is 16.3. The maximum absolute atomic E-state index is 12.5. The van der Waals surface area contributed by atoms with Gasteiger partial charge < -0.3 is 9.64 Å². The van der Waals surface area contributed by atoms with E-state index in [1.807, 2.05) is 42.3 Å². The van der Waals surface area contributed by atoms with E-state index in [2.05, 4.69) is 17.1 Å². The number of amides is 1. The van der Waals surface area contributed by atoms with Gasteiger partial charge in [0.05, 0.1) is 29.3 Å². The molecule has 1 fully saturated rings. The van der Waals surface area contributed by atoms with Crippen LogP contribution in [-0.2, 0) is 22.4 Å². The van der Waals surface area contributed by atoms with Crippen LogP contribution in [0.1, 0.15) is 30.1 Å². The molecule has 0 aliphatic carbocycles. The molecule has 1 aliphatic rings. The Kier molecular flexibility index (Phi) is 4.78. The van der Waals surface area contributed by atoms with E-state index in [-0.39, 0.29) is 11.5 Å². The molecule has 0 bridgehead atoms. The van der Waals surface area contributed by atoms with E-state index in [0.29, 0.717) is 26.1 Å². The molecule has 0 unspecified atom stereocenters. The molecule has 1 aliphatic heterocycles. The first-order valence-corrected chi connectivity index (χ1v) is 8.79. The number of aromatic nitrogens is 1. The predicted molar refractivity (Wildman–Crippen MR) is 91.7 cm³/mol. The standard InChI is InChI=1S/C18H22N2O2S/c1-18(2)13-20(8-9-22-18)17(21)11-15-12-23-16(19-15)10-14-6-4-3-5-7-14/h3-7,12H,8-11,13H2,1-2H3. The Morgan fingerprint density at radius 3 is 2.87 bits per heavy atom. The third kappa shape index (κ3) is 4.39. The Hall–Kier alpha value is -1.72. The van der Waals surface area contributed by atoms with Gasteiger partial charge in [0.1, 0.15) is 0 Å². The number of carbonyl (C=O) groups excluding carboxylic acids is 1. The van der Waals surface area contributed by atoms with Crippen LogP contribution in [0.5, 0.6) is 0 Å². The van der Waals surface area contributed by atoms with Gasteiger partial charge in [-0.25, -0.2) is 4.98 Å². The molecule has 1 aromatic heterocycles. The van der Waals surface area contributed by atoms with E-state index in [4.69, 9.17) is 4.74 Å². The van der Waals surface area contributed by atoms with Crippen molar-refractivity contribution in [3.05, 3.63) is 52.0 Å². The third-order valence-electron chi connectivity index (χ3n) is 3.91. The van der Waals surface area contributed by atoms with Crippen molar-refractivity contribution in [1.29, 1.82) is 0 Å². The highest BCUT2D eigenvalue weighted by Crippen LogP contribution is 2.19. The number of ether oxygens (including phenoxy) is 1. The molecule has 1 amide bonds. The number of thiazole rings is 1. The van der Waals surface area contributed by atoms with Crippen LogP contribution < -0.4 is 0 Å². The summed E-state index contributed by atoms with van der Waals surface area (Å²) in [5, 5.41) is 3.06. The topological polar surface area (TPSA) is 42.4 Å². The molecule has 3 rings (SSSR count). The molecule has 0 spiro atoms. The summed E-state index contributed by atoms with van der Waals surface area (Å²) in [6.45, 7) is 5.96. The number of morpholine rings is 1. The van der Waals surface area contributed by atoms with Gasteiger partial charge >= 0.3 is 0 Å². The van der Waals surface area contributed by atoms with Gasteiger partial charge in [0.25, 0.3) is 0 Å². The lowest BCUT2D eigenvalue weighted by molar-refractivity contribution is -0.145. The van der Waals surface area contributed by atoms with E-state index in [9.17, 15) is 4.79 Å². The minimum Gasteiger partial charge on any atom is -0.372 e. The summed E-state index contributed by atoms with van der Waals surface area (Å²) in [6, 6.07) is 10.3. The molecule has 5 heteroatoms. The van der Waals surface area contributed by atoms with Gasteiger partial charge in [-0.2, -0.15) is 0 Å². The smallest absolute Gasteiger partial charge is 0.228 e. The largest absolute Gasteiger partial charge is 0.372 e. The van der Waals surface area contributed by atoms with E-state index in [1.54, 1.807) is 11.3 Å². The summed E-state index contributed by atoms with van der Waals surface area (Å²) in [4.78, 5) is 19.0. The van der Waals surface area contributed by atoms with Gasteiger partial charge in [-0.15, -0.1) is 11.3 Å². The lowest BCUT2D eigenvalue weighted by Gasteiger charge is -2.38. The second kappa shape index (κ2) is 6.81. The summed E-state index contributed by atoms with van der Waals surface area (Å²) in [5.74, 6) is 0.137. The highest BCUT2D eigenvalue weighted by atomic mass is 32.1. The normalized spacial score (nSPS) is 17.2. The molecule has 4 nitrogen and oxygen atoms in total. The van der Waals surface area contributed by atoms with Crippen molar-refractivity contribution in [3.63, 3.8) is 0 Å². The van der Waals surface area contributed by atoms with Gasteiger partial charge in [-0.1, -0.05) is 30.3 Å². The molecular weight excluding hydrogens is 308 g/mol. The Labute approximate surface area is 141 Å². The fourth-order valence-corrected chi connectivity index (χ4v) is 3.61. The Morgan fingerprint density at radius 1 is 1.35 bits per heavy atom. The number of hydrogen-bond acceptors (Lipinski definition) is 4. The average molecular weight is 330 g/mol. The van der Waals surface area contributed by atoms with Crippen molar-refractivity contribution < 1.29 is 9.53 Å². The third-order valence-corrected chi connectivity index (χ3v) is 4.81. The SMILES string of the molecule is CC1(C)CN(C(=O)Cc2csc(Cc3ccccc3)n2)CCO1. The van der Waals surface area contributed by atoms with Crippen LogP contribution >= 0.6 is 11.3 Å². The van der Waals surface area contributed by atoms with Crippen molar-refractivity contribution in [2.45, 2.75) is 32.3 Å². The summed E-state index contributed by atoms with van der Waals surface area (Å²) in [6.07, 6.45) is 1.20. The zero-order valence-electron chi connectivity index (χ0n) is 13.6. The molecule has 0 radical (unpaired) electrons. The fraction of sp³-hybridized carbons (Fsp3) is 0.444. The first-order chi connectivity index (χ1) is 11.0. The van der Waals surface area contributed by atoms with Gasteiger partial charge in [0.2, 0.25) is 5.91 Å². The molecule has 0 N–H and O–H groups in total. The van der Waals surface area contributed by atoms with Crippen LogP contribution in [0.4, 0.5) is 0 Å². The monoisotopic (exact) mass is 330 g/mol. The van der Waals surface area contributed by atoms with Crippen molar-refractivity contribution in [2.24, 2.45) is 0 Å². The summed E-state index contributed by atoms with van der Waals surface area (Å²) in [7, 11) is 0. The van der Waals surface area contributed by atoms with Gasteiger partial charge in [0, 0.05) is 24.9 Å². The van der Waals surface area contributed by atoms with Crippen molar-refractivity contribution in [2.75, 3.05) is 19.7 Å². The van der Waals surface area contributed by atoms with Crippen LogP contribution in [0.15, 0.2) is 35.7 Å². The predicted octanol–water partition coefficient (Wildman–Crippen LogP) is 2.91. The highest BCUT2D eigenvalue weighted by Gasteiger charge is 2.30. The van der Waals surface area contributed by atoms with Crippen molar-refractivity contribution in [3.8, 4) is 0 Å². The zero-order valence-corrected chi connectivity index (χ0v) is 14.4. The van der Waals surface area contributed by atoms with E-state index >= 15 is 0 Å². The summed E-state index contributed by atoms with van der Waals surface area (Å²) in [5.41, 5.74) is 1.86. The lowest BCUT2D eigenvalue weighted by atomic mass is 10.1. The van der Waals surface area contributed by atoms with Crippen LogP contribution in [0.2, 0.25) is 0 Å². The van der Waals surface area contributed by atoms with Crippen LogP contribution in [-0.4, -0.2) is 41.1 Å². The molecular formula is C18H22N2O2S. The van der Waals surface area contributed by atoms with Crippen LogP contribution in [0, 0.1) is 0 Å². The quantitative estimate of drug-likeness (QED) is 0.866. The first-order valence-electron chi connectivity index (χ1n) is 7.91. The van der Waals surface area contributed by atoms with Gasteiger partial charge in [-0.05, 0) is 19.4 Å². The molecule has 23 heavy (non-hydrogen) atoms. The Balaban J connectivity index is 1.59. The van der Waals surface area contributed by atoms with Gasteiger partial charge in [0.15, 0.2) is 0 Å². The highest BCUT2D eigenvalue weighted by molar-refractivity contribution is 7.09. The van der Waals surface area contributed by atoms with E-state index < -0.39 is 0 Å². The number of carbonyl (C=O) groups is 1. The molecule has 122 valence electrons. The lowest BCUT2D eigenvalue weighted by Crippen LogP contribution is -2.51. The van der Waals surface area contributed by atoms with E-state index in [0.717, 1.165) is 17.1 Å². The minimum atomic E-state index is -0.256. The number of benzene rings is 1. The summed E-state index contributed by atoms with van der Waals surface area (Å²) >= 11 is 1.63. The van der Waals surface area contributed by atoms with Crippen LogP contribution in [0.3, 0.4) is 0 Å². The second-order valence-corrected chi connectivity index (χ2v) is 7.44. The summed E-state index contributed by atoms with van der Waals surface area (Å²) < 4.78 is 5.66. The molecule has 1 aromatic carbocycles. The Bertz CT molecular complexity index is 667.